The molecule has 0 aromatic carbocycles. The Morgan fingerprint density at radius 3 is 2.50 bits per heavy atom. The van der Waals surface area contributed by atoms with E-state index in [2.05, 4.69) is 9.73 Å². The SMILES string of the molecule is COC(=O)[C@@](C)(N)CCCN=C(N)N. The van der Waals surface area contributed by atoms with Crippen molar-refractivity contribution < 1.29 is 9.53 Å². The predicted octanol–water partition coefficient (Wildman–Crippen LogP) is -1.07. The van der Waals surface area contributed by atoms with Crippen LogP contribution in [0.5, 0.6) is 0 Å². The fraction of sp³-hybridized carbons (Fsp3) is 0.750. The average molecular weight is 202 g/mol. The Balaban J connectivity index is 3.88. The van der Waals surface area contributed by atoms with Crippen LogP contribution in [0.4, 0.5) is 0 Å². The van der Waals surface area contributed by atoms with Crippen LogP contribution < -0.4 is 17.2 Å². The molecular formula is C8H18N4O2. The van der Waals surface area contributed by atoms with E-state index in [0.717, 1.165) is 0 Å². The number of carbonyl (C=O) groups excluding carboxylic acids is 1. The van der Waals surface area contributed by atoms with Crippen molar-refractivity contribution in [1.29, 1.82) is 0 Å². The topological polar surface area (TPSA) is 117 Å². The van der Waals surface area contributed by atoms with Crippen LogP contribution in [-0.2, 0) is 9.53 Å². The molecule has 0 aromatic heterocycles. The van der Waals surface area contributed by atoms with E-state index in [1.165, 1.54) is 7.11 Å². The van der Waals surface area contributed by atoms with Crippen molar-refractivity contribution >= 4 is 11.9 Å². The number of hydrogen-bond donors (Lipinski definition) is 3. The number of nitrogens with two attached hydrogens (primary N) is 3. The summed E-state index contributed by atoms with van der Waals surface area (Å²) in [5.41, 5.74) is 15.0. The summed E-state index contributed by atoms with van der Waals surface area (Å²) in [5.74, 6) is -0.385. The van der Waals surface area contributed by atoms with E-state index in [1.807, 2.05) is 0 Å². The number of esters is 1. The van der Waals surface area contributed by atoms with Crippen LogP contribution in [0.25, 0.3) is 0 Å². The van der Waals surface area contributed by atoms with Gasteiger partial charge in [0.15, 0.2) is 5.96 Å². The molecule has 6 nitrogen and oxygen atoms in total. The van der Waals surface area contributed by atoms with E-state index in [4.69, 9.17) is 17.2 Å². The molecule has 0 saturated carbocycles. The Morgan fingerprint density at radius 1 is 1.50 bits per heavy atom. The zero-order chi connectivity index (χ0) is 11.2. The molecule has 0 heterocycles. The number of rotatable bonds is 5. The zero-order valence-electron chi connectivity index (χ0n) is 8.62. The normalized spacial score (nSPS) is 14.2. The van der Waals surface area contributed by atoms with E-state index >= 15 is 0 Å². The predicted molar refractivity (Wildman–Crippen MR) is 54.5 cm³/mol. The fourth-order valence-corrected chi connectivity index (χ4v) is 0.990. The molecule has 0 radical (unpaired) electrons. The molecule has 1 atom stereocenters. The van der Waals surface area contributed by atoms with Gasteiger partial charge in [-0.1, -0.05) is 0 Å². The summed E-state index contributed by atoms with van der Waals surface area (Å²) in [7, 11) is 1.31. The van der Waals surface area contributed by atoms with Gasteiger partial charge in [0.1, 0.15) is 5.54 Å². The standard InChI is InChI=1S/C8H18N4O2/c1-8(11,6(13)14-2)4-3-5-12-7(9)10/h3-5,11H2,1-2H3,(H4,9,10,12)/t8-/m0/s1. The van der Waals surface area contributed by atoms with E-state index < -0.39 is 11.5 Å². The average Bonchev–Trinajstić information content (AvgIpc) is 2.10. The molecule has 0 aliphatic rings. The first-order valence-corrected chi connectivity index (χ1v) is 4.33. The van der Waals surface area contributed by atoms with Gasteiger partial charge in [-0.2, -0.15) is 0 Å². The van der Waals surface area contributed by atoms with Crippen LogP contribution >= 0.6 is 0 Å². The van der Waals surface area contributed by atoms with Gasteiger partial charge in [0.2, 0.25) is 0 Å². The highest BCUT2D eigenvalue weighted by Crippen LogP contribution is 2.10. The second-order valence-corrected chi connectivity index (χ2v) is 3.32. The summed E-state index contributed by atoms with van der Waals surface area (Å²) in [5, 5.41) is 0. The maximum atomic E-state index is 11.1. The minimum absolute atomic E-state index is 0.0433. The van der Waals surface area contributed by atoms with E-state index in [1.54, 1.807) is 6.92 Å². The maximum Gasteiger partial charge on any atom is 0.325 e. The molecule has 0 aliphatic carbocycles. The minimum Gasteiger partial charge on any atom is -0.468 e. The summed E-state index contributed by atoms with van der Waals surface area (Å²) in [6, 6.07) is 0. The smallest absolute Gasteiger partial charge is 0.325 e. The van der Waals surface area contributed by atoms with Crippen LogP contribution in [0.15, 0.2) is 4.99 Å². The van der Waals surface area contributed by atoms with Crippen LogP contribution in [0.3, 0.4) is 0 Å². The first-order valence-electron chi connectivity index (χ1n) is 4.33. The van der Waals surface area contributed by atoms with Gasteiger partial charge in [-0.05, 0) is 19.8 Å². The van der Waals surface area contributed by atoms with E-state index in [0.29, 0.717) is 19.4 Å². The Morgan fingerprint density at radius 2 is 2.07 bits per heavy atom. The molecule has 14 heavy (non-hydrogen) atoms. The van der Waals surface area contributed by atoms with Crippen molar-refractivity contribution in [3.63, 3.8) is 0 Å². The summed E-state index contributed by atoms with van der Waals surface area (Å²) < 4.78 is 4.54. The molecule has 6 N–H and O–H groups in total. The summed E-state index contributed by atoms with van der Waals surface area (Å²) in [6.07, 6.45) is 1.12. The molecule has 0 aromatic rings. The van der Waals surface area contributed by atoms with Crippen molar-refractivity contribution in [3.8, 4) is 0 Å². The molecule has 0 saturated heterocycles. The lowest BCUT2D eigenvalue weighted by Gasteiger charge is -2.20. The quantitative estimate of drug-likeness (QED) is 0.227. The fourth-order valence-electron chi connectivity index (χ4n) is 0.990. The minimum atomic E-state index is -0.965. The third-order valence-corrected chi connectivity index (χ3v) is 1.80. The van der Waals surface area contributed by atoms with Crippen molar-refractivity contribution in [2.45, 2.75) is 25.3 Å². The number of methoxy groups -OCH3 is 1. The van der Waals surface area contributed by atoms with Crippen molar-refractivity contribution in [2.75, 3.05) is 13.7 Å². The maximum absolute atomic E-state index is 11.1. The van der Waals surface area contributed by atoms with Gasteiger partial charge in [0, 0.05) is 6.54 Å². The van der Waals surface area contributed by atoms with Gasteiger partial charge in [0.25, 0.3) is 0 Å². The van der Waals surface area contributed by atoms with Gasteiger partial charge < -0.3 is 21.9 Å². The molecule has 0 rings (SSSR count). The highest BCUT2D eigenvalue weighted by molar-refractivity contribution is 5.79. The Kier molecular flexibility index (Phi) is 4.93. The molecule has 0 unspecified atom stereocenters. The molecule has 0 fully saturated rings. The molecule has 0 bridgehead atoms. The van der Waals surface area contributed by atoms with Crippen molar-refractivity contribution in [1.82, 2.24) is 0 Å². The van der Waals surface area contributed by atoms with Crippen LogP contribution in [0.2, 0.25) is 0 Å². The van der Waals surface area contributed by atoms with Crippen LogP contribution in [0.1, 0.15) is 19.8 Å². The summed E-state index contributed by atoms with van der Waals surface area (Å²) in [6.45, 7) is 2.08. The lowest BCUT2D eigenvalue weighted by atomic mass is 9.97. The molecule has 6 heteroatoms. The largest absolute Gasteiger partial charge is 0.468 e. The van der Waals surface area contributed by atoms with E-state index in [9.17, 15) is 4.79 Å². The number of aliphatic imine (C=N–C) groups is 1. The zero-order valence-corrected chi connectivity index (χ0v) is 8.62. The highest BCUT2D eigenvalue weighted by atomic mass is 16.5. The van der Waals surface area contributed by atoms with Crippen molar-refractivity contribution in [2.24, 2.45) is 22.2 Å². The molecule has 0 aliphatic heterocycles. The van der Waals surface area contributed by atoms with Gasteiger partial charge in [-0.3, -0.25) is 9.79 Å². The number of guanidine groups is 1. The van der Waals surface area contributed by atoms with Crippen LogP contribution in [0, 0.1) is 0 Å². The number of carbonyl (C=O) groups is 1. The number of nitrogens with zero attached hydrogens (tertiary/aromatic N) is 1. The first kappa shape index (κ1) is 12.7. The van der Waals surface area contributed by atoms with Crippen molar-refractivity contribution in [3.05, 3.63) is 0 Å². The first-order chi connectivity index (χ1) is 6.40. The van der Waals surface area contributed by atoms with E-state index in [-0.39, 0.29) is 5.96 Å². The Labute approximate surface area is 83.5 Å². The lowest BCUT2D eigenvalue weighted by Crippen LogP contribution is -2.45. The third kappa shape index (κ3) is 4.66. The number of ether oxygens (including phenoxy) is 1. The Bertz CT molecular complexity index is 221. The molecule has 82 valence electrons. The Hall–Kier alpha value is -1.30. The molecule has 0 spiro atoms. The second kappa shape index (κ2) is 5.43. The molecule has 0 amide bonds. The third-order valence-electron chi connectivity index (χ3n) is 1.80. The monoisotopic (exact) mass is 202 g/mol. The number of hydrogen-bond acceptors (Lipinski definition) is 4. The van der Waals surface area contributed by atoms with Gasteiger partial charge in [-0.15, -0.1) is 0 Å². The summed E-state index contributed by atoms with van der Waals surface area (Å²) in [4.78, 5) is 14.9. The lowest BCUT2D eigenvalue weighted by molar-refractivity contribution is -0.146. The van der Waals surface area contributed by atoms with Gasteiger partial charge in [0.05, 0.1) is 7.11 Å². The summed E-state index contributed by atoms with van der Waals surface area (Å²) >= 11 is 0. The second-order valence-electron chi connectivity index (χ2n) is 3.32. The van der Waals surface area contributed by atoms with Crippen LogP contribution in [-0.4, -0.2) is 31.1 Å². The van der Waals surface area contributed by atoms with Gasteiger partial charge in [-0.25, -0.2) is 0 Å². The van der Waals surface area contributed by atoms with Gasteiger partial charge >= 0.3 is 5.97 Å². The molecular weight excluding hydrogens is 184 g/mol. The highest BCUT2D eigenvalue weighted by Gasteiger charge is 2.28.